The molecule has 7 rings (SSSR count). The van der Waals surface area contributed by atoms with Crippen molar-refractivity contribution < 1.29 is 19.3 Å². The largest absolute Gasteiger partial charge is 0.493 e. The third-order valence-corrected chi connectivity index (χ3v) is 8.52. The summed E-state index contributed by atoms with van der Waals surface area (Å²) in [6.45, 7) is 5.18. The topological polar surface area (TPSA) is 82.7 Å². The molecule has 0 fully saturated rings. The molecule has 1 atom stereocenters. The van der Waals surface area contributed by atoms with Crippen LogP contribution in [0, 0.1) is 6.92 Å². The molecule has 0 aliphatic heterocycles. The van der Waals surface area contributed by atoms with Crippen molar-refractivity contribution in [2.75, 3.05) is 39.5 Å². The maximum absolute atomic E-state index is 11.2. The molecule has 7 nitrogen and oxygen atoms in total. The number of hydrogen-bond acceptors (Lipinski definition) is 5. The normalized spacial score (nSPS) is 12.4. The molecule has 5 aromatic carbocycles. The van der Waals surface area contributed by atoms with Crippen molar-refractivity contribution in [3.63, 3.8) is 0 Å². The molecule has 2 aromatic heterocycles. The fraction of sp³-hybridized carbons (Fsp3) is 0.231. The highest BCUT2D eigenvalue weighted by Crippen LogP contribution is 2.34. The minimum atomic E-state index is -0.681. The second kappa shape index (κ2) is 13.6. The van der Waals surface area contributed by atoms with Gasteiger partial charge in [0.15, 0.2) is 0 Å². The Morgan fingerprint density at radius 1 is 0.587 bits per heavy atom. The lowest BCUT2D eigenvalue weighted by molar-refractivity contribution is 0.0618. The lowest BCUT2D eigenvalue weighted by atomic mass is 10.1. The molecule has 7 aromatic rings. The first-order valence-electron chi connectivity index (χ1n) is 16.0. The Labute approximate surface area is 268 Å². The van der Waals surface area contributed by atoms with E-state index in [2.05, 4.69) is 57.3 Å². The summed E-state index contributed by atoms with van der Waals surface area (Å²) < 4.78 is 18.7. The van der Waals surface area contributed by atoms with Gasteiger partial charge in [0.2, 0.25) is 0 Å². The molecule has 0 saturated carbocycles. The van der Waals surface area contributed by atoms with E-state index in [1.54, 1.807) is 0 Å². The quantitative estimate of drug-likeness (QED) is 0.109. The zero-order chi connectivity index (χ0) is 31.3. The number of fused-ring (bicyclic) bond motifs is 6. The summed E-state index contributed by atoms with van der Waals surface area (Å²) in [7, 11) is 0. The third kappa shape index (κ3) is 6.38. The van der Waals surface area contributed by atoms with Crippen LogP contribution in [0.4, 0.5) is 0 Å². The Balaban J connectivity index is 0.997. The van der Waals surface area contributed by atoms with E-state index in [0.717, 1.165) is 79.4 Å². The first-order chi connectivity index (χ1) is 22.6. The third-order valence-electron chi connectivity index (χ3n) is 8.52. The number of nitrogens with one attached hydrogen (secondary N) is 2. The van der Waals surface area contributed by atoms with E-state index in [9.17, 15) is 5.11 Å². The predicted molar refractivity (Wildman–Crippen MR) is 186 cm³/mol. The molecule has 7 heteroatoms. The Hall–Kier alpha value is -4.98. The molecule has 2 heterocycles. The minimum absolute atomic E-state index is 0.187. The number of rotatable bonds is 14. The lowest BCUT2D eigenvalue weighted by Gasteiger charge is -2.25. The molecule has 0 bridgehead atoms. The smallest absolute Gasteiger partial charge is 0.129 e. The average molecular weight is 614 g/mol. The van der Waals surface area contributed by atoms with Crippen LogP contribution in [0.2, 0.25) is 0 Å². The van der Waals surface area contributed by atoms with Crippen molar-refractivity contribution >= 4 is 43.6 Å². The highest BCUT2D eigenvalue weighted by molar-refractivity contribution is 6.11. The zero-order valence-corrected chi connectivity index (χ0v) is 26.0. The highest BCUT2D eigenvalue weighted by atomic mass is 16.5. The van der Waals surface area contributed by atoms with Crippen molar-refractivity contribution in [2.45, 2.75) is 19.4 Å². The van der Waals surface area contributed by atoms with Gasteiger partial charge >= 0.3 is 0 Å². The van der Waals surface area contributed by atoms with Crippen LogP contribution in [0.15, 0.2) is 109 Å². The monoisotopic (exact) mass is 613 g/mol. The van der Waals surface area contributed by atoms with E-state index in [4.69, 9.17) is 14.2 Å². The van der Waals surface area contributed by atoms with Gasteiger partial charge in [0.05, 0.1) is 17.6 Å². The van der Waals surface area contributed by atoms with Crippen LogP contribution in [0.1, 0.15) is 12.0 Å². The summed E-state index contributed by atoms with van der Waals surface area (Å²) >= 11 is 0. The molecule has 0 saturated heterocycles. The molecular weight excluding hydrogens is 574 g/mol. The number of aromatic amines is 2. The number of hydrogen-bond donors (Lipinski definition) is 3. The second-order valence-electron chi connectivity index (χ2n) is 11.8. The summed E-state index contributed by atoms with van der Waals surface area (Å²) in [4.78, 5) is 9.17. The van der Waals surface area contributed by atoms with Gasteiger partial charge in [-0.25, -0.2) is 0 Å². The zero-order valence-electron chi connectivity index (χ0n) is 26.0. The molecule has 0 amide bonds. The molecule has 0 radical (unpaired) electrons. The summed E-state index contributed by atoms with van der Waals surface area (Å²) in [6, 6.07) is 36.7. The van der Waals surface area contributed by atoms with Gasteiger partial charge in [-0.2, -0.15) is 0 Å². The fourth-order valence-corrected chi connectivity index (χ4v) is 6.28. The number of aromatic nitrogens is 2. The molecule has 0 aliphatic rings. The van der Waals surface area contributed by atoms with Gasteiger partial charge in [-0.1, -0.05) is 66.7 Å². The van der Waals surface area contributed by atoms with Gasteiger partial charge in [0.25, 0.3) is 0 Å². The fourth-order valence-electron chi connectivity index (χ4n) is 6.28. The number of ether oxygens (including phenoxy) is 3. The van der Waals surface area contributed by atoms with Gasteiger partial charge < -0.3 is 29.3 Å². The Kier molecular flexibility index (Phi) is 8.76. The van der Waals surface area contributed by atoms with Crippen LogP contribution >= 0.6 is 0 Å². The van der Waals surface area contributed by atoms with Crippen LogP contribution in [-0.4, -0.2) is 65.5 Å². The van der Waals surface area contributed by atoms with Gasteiger partial charge in [-0.3, -0.25) is 4.90 Å². The number of benzene rings is 5. The molecule has 0 spiro atoms. The standard InChI is InChI=1S/C39H39N3O4/c1-27-11-2-7-18-35(27)45-24-22-42(21-10-23-44-36-19-8-16-33-38(36)29-12-3-5-14-31(29)40-33)25-28(43)26-46-37-20-9-17-34-39(37)30-13-4-6-15-32(30)41-34/h2-9,11-20,28,40-41,43H,10,21-26H2,1H3. The summed E-state index contributed by atoms with van der Waals surface area (Å²) in [5, 5.41) is 15.6. The van der Waals surface area contributed by atoms with Gasteiger partial charge in [0, 0.05) is 52.2 Å². The van der Waals surface area contributed by atoms with E-state index in [1.165, 1.54) is 0 Å². The van der Waals surface area contributed by atoms with E-state index in [1.807, 2.05) is 73.7 Å². The summed E-state index contributed by atoms with van der Waals surface area (Å²) in [5.74, 6) is 2.53. The molecule has 1 unspecified atom stereocenters. The van der Waals surface area contributed by atoms with Crippen LogP contribution in [0.3, 0.4) is 0 Å². The Bertz CT molecular complexity index is 2080. The number of H-pyrrole nitrogens is 2. The van der Waals surface area contributed by atoms with E-state index < -0.39 is 6.10 Å². The van der Waals surface area contributed by atoms with Crippen molar-refractivity contribution in [3.8, 4) is 17.2 Å². The highest BCUT2D eigenvalue weighted by Gasteiger charge is 2.16. The van der Waals surface area contributed by atoms with Crippen molar-refractivity contribution in [3.05, 3.63) is 115 Å². The number of nitrogens with zero attached hydrogens (tertiary/aromatic N) is 1. The number of aliphatic hydroxyl groups excluding tert-OH is 1. The Morgan fingerprint density at radius 3 is 1.80 bits per heavy atom. The van der Waals surface area contributed by atoms with Gasteiger partial charge in [0.1, 0.15) is 36.6 Å². The first kappa shape index (κ1) is 29.7. The van der Waals surface area contributed by atoms with Crippen LogP contribution in [0.25, 0.3) is 43.6 Å². The minimum Gasteiger partial charge on any atom is -0.493 e. The van der Waals surface area contributed by atoms with Gasteiger partial charge in [-0.15, -0.1) is 0 Å². The SMILES string of the molecule is Cc1ccccc1OCCN(CCCOc1cccc2[nH]c3ccccc3c12)CC(O)COc1cccc2[nH]c3ccccc3c12. The van der Waals surface area contributed by atoms with Crippen molar-refractivity contribution in [1.29, 1.82) is 0 Å². The molecule has 3 N–H and O–H groups in total. The first-order valence-corrected chi connectivity index (χ1v) is 16.0. The molecule has 46 heavy (non-hydrogen) atoms. The maximum Gasteiger partial charge on any atom is 0.129 e. The summed E-state index contributed by atoms with van der Waals surface area (Å²) in [5.41, 5.74) is 5.36. The average Bonchev–Trinajstić information content (AvgIpc) is 3.66. The van der Waals surface area contributed by atoms with Crippen LogP contribution in [0.5, 0.6) is 17.2 Å². The van der Waals surface area contributed by atoms with Crippen LogP contribution in [-0.2, 0) is 0 Å². The van der Waals surface area contributed by atoms with Crippen LogP contribution < -0.4 is 14.2 Å². The van der Waals surface area contributed by atoms with E-state index in [-0.39, 0.29) is 6.61 Å². The maximum atomic E-state index is 11.2. The molecule has 234 valence electrons. The number of aryl methyl sites for hydroxylation is 1. The summed E-state index contributed by atoms with van der Waals surface area (Å²) in [6.07, 6.45) is 0.116. The number of aliphatic hydroxyl groups is 1. The van der Waals surface area contributed by atoms with E-state index >= 15 is 0 Å². The number of para-hydroxylation sites is 3. The molecular formula is C39H39N3O4. The lowest BCUT2D eigenvalue weighted by Crippen LogP contribution is -2.39. The molecule has 0 aliphatic carbocycles. The van der Waals surface area contributed by atoms with Crippen molar-refractivity contribution in [1.82, 2.24) is 14.9 Å². The van der Waals surface area contributed by atoms with E-state index in [0.29, 0.717) is 26.3 Å². The van der Waals surface area contributed by atoms with Gasteiger partial charge in [-0.05, 0) is 61.4 Å². The predicted octanol–water partition coefficient (Wildman–Crippen LogP) is 7.85. The Morgan fingerprint density at radius 2 is 1.13 bits per heavy atom. The van der Waals surface area contributed by atoms with Crippen molar-refractivity contribution in [2.24, 2.45) is 0 Å². The second-order valence-corrected chi connectivity index (χ2v) is 11.8.